The van der Waals surface area contributed by atoms with E-state index in [9.17, 15) is 9.59 Å². The highest BCUT2D eigenvalue weighted by Gasteiger charge is 2.16. The van der Waals surface area contributed by atoms with E-state index in [1.165, 1.54) is 13.0 Å². The van der Waals surface area contributed by atoms with E-state index in [-0.39, 0.29) is 0 Å². The average molecular weight is 282 g/mol. The molecule has 1 amide bonds. The first-order valence-corrected chi connectivity index (χ1v) is 6.18. The van der Waals surface area contributed by atoms with Crippen LogP contribution >= 0.6 is 11.6 Å². The molecule has 0 heterocycles. The predicted molar refractivity (Wildman–Crippen MR) is 75.1 cm³/mol. The van der Waals surface area contributed by atoms with Crippen LogP contribution in [0.1, 0.15) is 20.8 Å². The van der Waals surface area contributed by atoms with Crippen LogP contribution in [0.5, 0.6) is 0 Å². The van der Waals surface area contributed by atoms with Gasteiger partial charge in [0, 0.05) is 16.8 Å². The normalized spacial score (nSPS) is 11.4. The molecule has 0 aliphatic carbocycles. The monoisotopic (exact) mass is 281 g/mol. The van der Waals surface area contributed by atoms with Crippen LogP contribution < -0.4 is 5.32 Å². The summed E-state index contributed by atoms with van der Waals surface area (Å²) >= 11 is 5.74. The summed E-state index contributed by atoms with van der Waals surface area (Å²) in [5, 5.41) is 3.22. The van der Waals surface area contributed by atoms with E-state index in [0.29, 0.717) is 10.7 Å². The lowest BCUT2D eigenvalue weighted by Gasteiger charge is -2.12. The van der Waals surface area contributed by atoms with Gasteiger partial charge in [-0.05, 0) is 45.0 Å². The van der Waals surface area contributed by atoms with Gasteiger partial charge >= 0.3 is 5.97 Å². The van der Waals surface area contributed by atoms with Crippen molar-refractivity contribution in [2.75, 3.05) is 5.32 Å². The molecule has 0 saturated heterocycles. The van der Waals surface area contributed by atoms with Crippen molar-refractivity contribution in [2.24, 2.45) is 0 Å². The standard InChI is InChI=1S/C14H16ClNO3/c1-9(2)8-13(17)19-10(3)14(18)16-12-6-4-11(15)5-7-12/h4-8,10H,1-3H3,(H,16,18)/t10-/m0/s1. The quantitative estimate of drug-likeness (QED) is 0.681. The van der Waals surface area contributed by atoms with E-state index in [4.69, 9.17) is 16.3 Å². The van der Waals surface area contributed by atoms with Gasteiger partial charge in [0.05, 0.1) is 0 Å². The molecule has 0 aromatic heterocycles. The number of carbonyl (C=O) groups is 2. The van der Waals surface area contributed by atoms with Crippen LogP contribution in [0.2, 0.25) is 5.02 Å². The van der Waals surface area contributed by atoms with Gasteiger partial charge < -0.3 is 10.1 Å². The summed E-state index contributed by atoms with van der Waals surface area (Å²) in [6.07, 6.45) is 0.477. The molecule has 0 unspecified atom stereocenters. The summed E-state index contributed by atoms with van der Waals surface area (Å²) in [7, 11) is 0. The van der Waals surface area contributed by atoms with Gasteiger partial charge in [-0.1, -0.05) is 17.2 Å². The van der Waals surface area contributed by atoms with E-state index in [1.54, 1.807) is 38.1 Å². The number of amides is 1. The van der Waals surface area contributed by atoms with E-state index in [1.807, 2.05) is 0 Å². The number of carbonyl (C=O) groups excluding carboxylic acids is 2. The van der Waals surface area contributed by atoms with E-state index >= 15 is 0 Å². The van der Waals surface area contributed by atoms with Gasteiger partial charge in [0.25, 0.3) is 5.91 Å². The molecule has 0 aliphatic heterocycles. The topological polar surface area (TPSA) is 55.4 Å². The molecule has 102 valence electrons. The molecular weight excluding hydrogens is 266 g/mol. The molecule has 0 fully saturated rings. The molecule has 0 bridgehead atoms. The predicted octanol–water partition coefficient (Wildman–Crippen LogP) is 3.18. The van der Waals surface area contributed by atoms with Crippen LogP contribution in [0.3, 0.4) is 0 Å². The number of rotatable bonds is 4. The zero-order valence-electron chi connectivity index (χ0n) is 11.1. The van der Waals surface area contributed by atoms with Crippen LogP contribution in [-0.2, 0) is 14.3 Å². The first kappa shape index (κ1) is 15.2. The first-order valence-electron chi connectivity index (χ1n) is 5.80. The second kappa shape index (κ2) is 6.95. The second-order valence-corrected chi connectivity index (χ2v) is 4.73. The Morgan fingerprint density at radius 1 is 1.26 bits per heavy atom. The number of nitrogens with one attached hydrogen (secondary N) is 1. The number of halogens is 1. The Labute approximate surface area is 117 Å². The largest absolute Gasteiger partial charge is 0.449 e. The Balaban J connectivity index is 2.56. The number of benzene rings is 1. The molecule has 1 atom stereocenters. The van der Waals surface area contributed by atoms with Crippen molar-refractivity contribution in [3.8, 4) is 0 Å². The number of hydrogen-bond donors (Lipinski definition) is 1. The molecule has 0 radical (unpaired) electrons. The van der Waals surface area contributed by atoms with Gasteiger partial charge in [-0.25, -0.2) is 4.79 Å². The van der Waals surface area contributed by atoms with Gasteiger partial charge in [0.15, 0.2) is 6.10 Å². The lowest BCUT2D eigenvalue weighted by molar-refractivity contribution is -0.148. The van der Waals surface area contributed by atoms with E-state index < -0.39 is 18.0 Å². The Kier molecular flexibility index (Phi) is 5.57. The minimum absolute atomic E-state index is 0.391. The van der Waals surface area contributed by atoms with Crippen LogP contribution in [0.25, 0.3) is 0 Å². The third kappa shape index (κ3) is 5.57. The zero-order chi connectivity index (χ0) is 14.4. The molecule has 1 rings (SSSR count). The fourth-order valence-electron chi connectivity index (χ4n) is 1.27. The fourth-order valence-corrected chi connectivity index (χ4v) is 1.40. The molecule has 0 aliphatic rings. The van der Waals surface area contributed by atoms with Gasteiger partial charge in [0.2, 0.25) is 0 Å². The Hall–Kier alpha value is -1.81. The van der Waals surface area contributed by atoms with Gasteiger partial charge in [-0.2, -0.15) is 0 Å². The Morgan fingerprint density at radius 2 is 1.84 bits per heavy atom. The zero-order valence-corrected chi connectivity index (χ0v) is 11.8. The SMILES string of the molecule is CC(C)=CC(=O)O[C@@H](C)C(=O)Nc1ccc(Cl)cc1. The summed E-state index contributed by atoms with van der Waals surface area (Å²) < 4.78 is 4.97. The van der Waals surface area contributed by atoms with E-state index in [0.717, 1.165) is 5.57 Å². The molecule has 5 heteroatoms. The summed E-state index contributed by atoms with van der Waals surface area (Å²) in [4.78, 5) is 23.1. The summed E-state index contributed by atoms with van der Waals surface area (Å²) in [5.74, 6) is -0.920. The summed E-state index contributed by atoms with van der Waals surface area (Å²) in [6, 6.07) is 6.67. The molecule has 0 spiro atoms. The van der Waals surface area contributed by atoms with Crippen molar-refractivity contribution in [1.29, 1.82) is 0 Å². The number of anilines is 1. The molecule has 1 aromatic rings. The van der Waals surface area contributed by atoms with Crippen molar-refractivity contribution in [1.82, 2.24) is 0 Å². The highest BCUT2D eigenvalue weighted by atomic mass is 35.5. The maximum atomic E-state index is 11.8. The summed E-state index contributed by atoms with van der Waals surface area (Å²) in [5.41, 5.74) is 1.41. The van der Waals surface area contributed by atoms with Crippen molar-refractivity contribution < 1.29 is 14.3 Å². The number of esters is 1. The maximum Gasteiger partial charge on any atom is 0.331 e. The van der Waals surface area contributed by atoms with Crippen LogP contribution in [0, 0.1) is 0 Å². The highest BCUT2D eigenvalue weighted by molar-refractivity contribution is 6.30. The number of ether oxygens (including phenoxy) is 1. The van der Waals surface area contributed by atoms with Crippen molar-refractivity contribution in [3.63, 3.8) is 0 Å². The highest BCUT2D eigenvalue weighted by Crippen LogP contribution is 2.13. The second-order valence-electron chi connectivity index (χ2n) is 4.30. The fraction of sp³-hybridized carbons (Fsp3) is 0.286. The molecule has 0 saturated carbocycles. The van der Waals surface area contributed by atoms with Gasteiger partial charge in [-0.3, -0.25) is 4.79 Å². The molecule has 1 N–H and O–H groups in total. The van der Waals surface area contributed by atoms with E-state index in [2.05, 4.69) is 5.32 Å². The lowest BCUT2D eigenvalue weighted by Crippen LogP contribution is -2.29. The average Bonchev–Trinajstić information content (AvgIpc) is 2.30. The minimum atomic E-state index is -0.862. The lowest BCUT2D eigenvalue weighted by atomic mass is 10.3. The molecular formula is C14H16ClNO3. The molecule has 1 aromatic carbocycles. The summed E-state index contributed by atoms with van der Waals surface area (Å²) in [6.45, 7) is 5.07. The number of hydrogen-bond acceptors (Lipinski definition) is 3. The minimum Gasteiger partial charge on any atom is -0.449 e. The van der Waals surface area contributed by atoms with Gasteiger partial charge in [-0.15, -0.1) is 0 Å². The smallest absolute Gasteiger partial charge is 0.331 e. The third-order valence-electron chi connectivity index (χ3n) is 2.18. The van der Waals surface area contributed by atoms with Gasteiger partial charge in [0.1, 0.15) is 0 Å². The third-order valence-corrected chi connectivity index (χ3v) is 2.43. The maximum absolute atomic E-state index is 11.8. The van der Waals surface area contributed by atoms with Crippen molar-refractivity contribution in [3.05, 3.63) is 40.9 Å². The van der Waals surface area contributed by atoms with Crippen LogP contribution in [0.15, 0.2) is 35.9 Å². The first-order chi connectivity index (χ1) is 8.88. The van der Waals surface area contributed by atoms with Crippen LogP contribution in [-0.4, -0.2) is 18.0 Å². The van der Waals surface area contributed by atoms with Crippen LogP contribution in [0.4, 0.5) is 5.69 Å². The Morgan fingerprint density at radius 3 is 2.37 bits per heavy atom. The Bertz CT molecular complexity index is 490. The number of allylic oxidation sites excluding steroid dienone is 1. The molecule has 19 heavy (non-hydrogen) atoms. The van der Waals surface area contributed by atoms with Crippen molar-refractivity contribution >= 4 is 29.2 Å². The molecule has 4 nitrogen and oxygen atoms in total. The van der Waals surface area contributed by atoms with Crippen molar-refractivity contribution in [2.45, 2.75) is 26.9 Å².